The van der Waals surface area contributed by atoms with Crippen molar-refractivity contribution < 1.29 is 5.11 Å². The highest BCUT2D eigenvalue weighted by Crippen LogP contribution is 2.46. The van der Waals surface area contributed by atoms with Crippen molar-refractivity contribution >= 4 is 22.7 Å². The van der Waals surface area contributed by atoms with E-state index in [1.54, 1.807) is 11.8 Å². The molecular weight excluding hydrogens is 390 g/mol. The quantitative estimate of drug-likeness (QED) is 0.472. The zero-order chi connectivity index (χ0) is 20.6. The lowest BCUT2D eigenvalue weighted by atomic mass is 9.70. The molecule has 3 aliphatic rings. The second-order valence-corrected chi connectivity index (χ2v) is 9.45. The molecule has 0 aliphatic carbocycles. The Morgan fingerprint density at radius 1 is 1.13 bits per heavy atom. The maximum absolute atomic E-state index is 12.4. The second-order valence-electron chi connectivity index (χ2n) is 8.45. The van der Waals surface area contributed by atoms with Gasteiger partial charge in [0.15, 0.2) is 0 Å². The van der Waals surface area contributed by atoms with E-state index < -0.39 is 5.60 Å². The first kappa shape index (κ1) is 19.7. The van der Waals surface area contributed by atoms with Crippen molar-refractivity contribution in [2.24, 2.45) is 11.8 Å². The van der Waals surface area contributed by atoms with Gasteiger partial charge in [-0.15, -0.1) is 18.3 Å². The first-order valence-electron chi connectivity index (χ1n) is 10.7. The number of nitrogens with zero attached hydrogens (tertiary/aromatic N) is 3. The summed E-state index contributed by atoms with van der Waals surface area (Å²) in [6.07, 6.45) is 7.93. The molecule has 30 heavy (non-hydrogen) atoms. The number of fused-ring (bicyclic) bond motifs is 4. The molecule has 2 aromatic heterocycles. The van der Waals surface area contributed by atoms with Crippen molar-refractivity contribution in [1.82, 2.24) is 14.9 Å². The van der Waals surface area contributed by atoms with Crippen LogP contribution in [0.3, 0.4) is 0 Å². The number of piperidine rings is 3. The van der Waals surface area contributed by atoms with E-state index in [1.807, 2.05) is 54.9 Å². The maximum Gasteiger partial charge on any atom is 0.115 e. The van der Waals surface area contributed by atoms with Crippen LogP contribution in [0, 0.1) is 11.8 Å². The summed E-state index contributed by atoms with van der Waals surface area (Å²) in [5, 5.41) is 14.4. The van der Waals surface area contributed by atoms with Crippen LogP contribution in [0.2, 0.25) is 0 Å². The van der Waals surface area contributed by atoms with Crippen LogP contribution in [0.5, 0.6) is 0 Å². The van der Waals surface area contributed by atoms with Crippen LogP contribution < -0.4 is 0 Å². The minimum Gasteiger partial charge on any atom is -0.383 e. The van der Waals surface area contributed by atoms with E-state index >= 15 is 0 Å². The van der Waals surface area contributed by atoms with Crippen LogP contribution in [0.4, 0.5) is 0 Å². The molecule has 1 unspecified atom stereocenters. The number of thioether (sulfide) groups is 1. The van der Waals surface area contributed by atoms with Crippen molar-refractivity contribution in [3.8, 4) is 0 Å². The van der Waals surface area contributed by atoms with Gasteiger partial charge in [0.25, 0.3) is 0 Å². The van der Waals surface area contributed by atoms with Crippen LogP contribution in [-0.2, 0) is 5.60 Å². The molecule has 3 fully saturated rings. The number of aliphatic hydroxyl groups is 1. The first-order valence-corrected chi connectivity index (χ1v) is 11.6. The molecule has 0 radical (unpaired) electrons. The summed E-state index contributed by atoms with van der Waals surface area (Å²) in [4.78, 5) is 11.5. The monoisotopic (exact) mass is 417 g/mol. The molecule has 3 aliphatic heterocycles. The zero-order valence-electron chi connectivity index (χ0n) is 17.0. The van der Waals surface area contributed by atoms with E-state index in [4.69, 9.17) is 0 Å². The third-order valence-electron chi connectivity index (χ3n) is 6.85. The Bertz CT molecular complexity index is 1040. The van der Waals surface area contributed by atoms with Crippen molar-refractivity contribution in [2.75, 3.05) is 18.8 Å². The Balaban J connectivity index is 1.56. The lowest BCUT2D eigenvalue weighted by Crippen LogP contribution is -2.61. The number of benzene rings is 1. The molecular formula is C25H27N3OS. The van der Waals surface area contributed by atoms with Gasteiger partial charge in [-0.1, -0.05) is 30.3 Å². The Hall–Kier alpha value is -2.21. The lowest BCUT2D eigenvalue weighted by molar-refractivity contribution is -0.0959. The van der Waals surface area contributed by atoms with Crippen LogP contribution >= 0.6 is 11.8 Å². The zero-order valence-corrected chi connectivity index (χ0v) is 17.8. The average Bonchev–Trinajstić information content (AvgIpc) is 2.83. The van der Waals surface area contributed by atoms with Crippen molar-refractivity contribution in [3.63, 3.8) is 0 Å². The van der Waals surface area contributed by atoms with Gasteiger partial charge in [0.2, 0.25) is 0 Å². The normalized spacial score (nSPS) is 27.6. The number of rotatable bonds is 6. The molecule has 6 rings (SSSR count). The summed E-state index contributed by atoms with van der Waals surface area (Å²) >= 11 is 1.63. The highest BCUT2D eigenvalue weighted by molar-refractivity contribution is 7.99. The average molecular weight is 418 g/mol. The van der Waals surface area contributed by atoms with Gasteiger partial charge >= 0.3 is 0 Å². The molecule has 0 amide bonds. The smallest absolute Gasteiger partial charge is 0.115 e. The minimum absolute atomic E-state index is 0.0782. The third kappa shape index (κ3) is 3.45. The Labute approximate surface area is 182 Å². The SMILES string of the molecule is C=C[C@H]1CN2CC[C@H]1C[C@@H]2[C@@](O)(CSc1ccccn1)c1ccnc2ccccc12. The van der Waals surface area contributed by atoms with Crippen LogP contribution in [0.25, 0.3) is 10.9 Å². The van der Waals surface area contributed by atoms with Crippen LogP contribution in [-0.4, -0.2) is 44.9 Å². The van der Waals surface area contributed by atoms with Gasteiger partial charge in [-0.05, 0) is 61.1 Å². The van der Waals surface area contributed by atoms with Crippen molar-refractivity contribution in [3.05, 3.63) is 79.1 Å². The van der Waals surface area contributed by atoms with Gasteiger partial charge in [-0.2, -0.15) is 0 Å². The standard InChI is InChI=1S/C25H27N3OS/c1-2-18-16-28-14-11-19(18)15-23(28)25(29,17-30-24-9-5-6-12-27-24)21-10-13-26-22-8-4-3-7-20(21)22/h2-10,12-13,18-19,23,29H,1,11,14-17H2/t18-,19-,23+,25+/m0/s1. The number of pyridine rings is 2. The van der Waals surface area contributed by atoms with Gasteiger partial charge < -0.3 is 5.11 Å². The maximum atomic E-state index is 12.4. The summed E-state index contributed by atoms with van der Waals surface area (Å²) < 4.78 is 0. The molecule has 1 N–H and O–H groups in total. The van der Waals surface area contributed by atoms with Crippen molar-refractivity contribution in [2.45, 2.75) is 29.5 Å². The van der Waals surface area contributed by atoms with Gasteiger partial charge in [-0.3, -0.25) is 9.88 Å². The van der Waals surface area contributed by atoms with E-state index in [9.17, 15) is 5.11 Å². The largest absolute Gasteiger partial charge is 0.383 e. The van der Waals surface area contributed by atoms with E-state index in [0.717, 1.165) is 41.0 Å². The summed E-state index contributed by atoms with van der Waals surface area (Å²) in [5.74, 6) is 1.68. The Morgan fingerprint density at radius 3 is 2.77 bits per heavy atom. The summed E-state index contributed by atoms with van der Waals surface area (Å²) in [7, 11) is 0. The number of para-hydroxylation sites is 1. The fourth-order valence-corrected chi connectivity index (χ4v) is 6.30. The molecule has 0 saturated carbocycles. The molecule has 154 valence electrons. The van der Waals surface area contributed by atoms with E-state index in [2.05, 4.69) is 33.6 Å². The topological polar surface area (TPSA) is 49.2 Å². The second kappa shape index (κ2) is 8.14. The lowest BCUT2D eigenvalue weighted by Gasteiger charge is -2.54. The van der Waals surface area contributed by atoms with E-state index in [0.29, 0.717) is 17.6 Å². The minimum atomic E-state index is -0.991. The molecule has 2 bridgehead atoms. The number of hydrogen-bond acceptors (Lipinski definition) is 5. The highest BCUT2D eigenvalue weighted by atomic mass is 32.2. The molecule has 1 aromatic carbocycles. The van der Waals surface area contributed by atoms with Gasteiger partial charge in [0.1, 0.15) is 5.60 Å². The van der Waals surface area contributed by atoms with Crippen LogP contribution in [0.1, 0.15) is 18.4 Å². The number of aromatic nitrogens is 2. The summed E-state index contributed by atoms with van der Waals surface area (Å²) in [6, 6.07) is 16.2. The van der Waals surface area contributed by atoms with E-state index in [1.165, 1.54) is 6.42 Å². The number of hydrogen-bond donors (Lipinski definition) is 1. The van der Waals surface area contributed by atoms with Crippen LogP contribution in [0.15, 0.2) is 78.6 Å². The molecule has 3 aromatic rings. The first-order chi connectivity index (χ1) is 14.7. The fourth-order valence-electron chi connectivity index (χ4n) is 5.28. The molecule has 3 saturated heterocycles. The van der Waals surface area contributed by atoms with Crippen molar-refractivity contribution in [1.29, 1.82) is 0 Å². The van der Waals surface area contributed by atoms with Gasteiger partial charge in [-0.25, -0.2) is 4.98 Å². The third-order valence-corrected chi connectivity index (χ3v) is 7.97. The van der Waals surface area contributed by atoms with Gasteiger partial charge in [0.05, 0.1) is 10.5 Å². The van der Waals surface area contributed by atoms with E-state index in [-0.39, 0.29) is 6.04 Å². The fraction of sp³-hybridized carbons (Fsp3) is 0.360. The Morgan fingerprint density at radius 2 is 2.00 bits per heavy atom. The molecule has 5 atom stereocenters. The Kier molecular flexibility index (Phi) is 5.35. The molecule has 4 nitrogen and oxygen atoms in total. The van der Waals surface area contributed by atoms with Gasteiger partial charge in [0, 0.05) is 36.1 Å². The molecule has 5 heterocycles. The summed E-state index contributed by atoms with van der Waals surface area (Å²) in [6.45, 7) is 6.08. The predicted molar refractivity (Wildman–Crippen MR) is 122 cm³/mol. The summed E-state index contributed by atoms with van der Waals surface area (Å²) in [5.41, 5.74) is 0.913. The molecule has 0 spiro atoms. The highest BCUT2D eigenvalue weighted by Gasteiger charge is 2.50. The predicted octanol–water partition coefficient (Wildman–Crippen LogP) is 4.51. The molecule has 5 heteroatoms.